The first-order chi connectivity index (χ1) is 9.11. The second-order valence-corrected chi connectivity index (χ2v) is 6.36. The van der Waals surface area contributed by atoms with E-state index in [9.17, 15) is 14.4 Å². The lowest BCUT2D eigenvalue weighted by molar-refractivity contribution is -0.110. The molecule has 1 saturated heterocycles. The zero-order valence-electron chi connectivity index (χ0n) is 10.8. The van der Waals surface area contributed by atoms with E-state index in [1.165, 1.54) is 0 Å². The fourth-order valence-corrected chi connectivity index (χ4v) is 3.63. The molecule has 1 amide bonds. The minimum absolute atomic E-state index is 0.160. The summed E-state index contributed by atoms with van der Waals surface area (Å²) in [6.07, 6.45) is 2.20. The van der Waals surface area contributed by atoms with Gasteiger partial charge in [0.25, 0.3) is 5.91 Å². The third-order valence-electron chi connectivity index (χ3n) is 3.24. The fraction of sp³-hybridized carbons (Fsp3) is 0.357. The van der Waals surface area contributed by atoms with Gasteiger partial charge in [0, 0.05) is 31.2 Å². The van der Waals surface area contributed by atoms with Crippen LogP contribution in [-0.4, -0.2) is 41.9 Å². The molecule has 2 unspecified atom stereocenters. The average molecular weight is 277 g/mol. The summed E-state index contributed by atoms with van der Waals surface area (Å²) >= 11 is 0. The number of nitrogens with zero attached hydrogens (tertiary/aromatic N) is 1. The van der Waals surface area contributed by atoms with E-state index < -0.39 is 0 Å². The van der Waals surface area contributed by atoms with E-state index in [0.717, 1.165) is 6.42 Å². The second kappa shape index (κ2) is 6.07. The van der Waals surface area contributed by atoms with Gasteiger partial charge >= 0.3 is 0 Å². The smallest absolute Gasteiger partial charge is 0.254 e. The van der Waals surface area contributed by atoms with Gasteiger partial charge in [-0.05, 0) is 21.1 Å². The molecule has 1 aliphatic heterocycles. The Hall–Kier alpha value is -1.54. The van der Waals surface area contributed by atoms with Crippen molar-refractivity contribution in [2.45, 2.75) is 18.5 Å². The van der Waals surface area contributed by atoms with E-state index >= 15 is 0 Å². The van der Waals surface area contributed by atoms with Crippen molar-refractivity contribution in [2.75, 3.05) is 13.6 Å². The van der Waals surface area contributed by atoms with Gasteiger partial charge in [-0.3, -0.25) is 14.4 Å². The molecule has 0 radical (unpaired) electrons. The van der Waals surface area contributed by atoms with Crippen LogP contribution in [-0.2, 0) is 4.79 Å². The van der Waals surface area contributed by atoms with Crippen LogP contribution in [0.15, 0.2) is 24.3 Å². The van der Waals surface area contributed by atoms with Gasteiger partial charge in [0.1, 0.15) is 0 Å². The van der Waals surface area contributed by atoms with Crippen LogP contribution in [0.4, 0.5) is 0 Å². The molecule has 0 aliphatic carbocycles. The molecule has 1 fully saturated rings. The summed E-state index contributed by atoms with van der Waals surface area (Å²) in [4.78, 5) is 36.1. The lowest BCUT2D eigenvalue weighted by atomic mass is 10.1. The van der Waals surface area contributed by atoms with Gasteiger partial charge in [-0.15, -0.1) is 0 Å². The average Bonchev–Trinajstić information content (AvgIpc) is 2.83. The van der Waals surface area contributed by atoms with Gasteiger partial charge in [-0.25, -0.2) is 0 Å². The Balaban J connectivity index is 2.06. The Morgan fingerprint density at radius 2 is 2.21 bits per heavy atom. The fourth-order valence-electron chi connectivity index (χ4n) is 2.23. The maximum absolute atomic E-state index is 12.3. The summed E-state index contributed by atoms with van der Waals surface area (Å²) in [5.41, 5.74) is 1.42. The SMILES string of the molecule is CN(CC1CCC(=O)P1)C(=O)c1ccccc1C=O. The Kier molecular flexibility index (Phi) is 4.43. The monoisotopic (exact) mass is 277 g/mol. The van der Waals surface area contributed by atoms with Crippen molar-refractivity contribution in [2.24, 2.45) is 0 Å². The molecule has 2 atom stereocenters. The molecular weight excluding hydrogens is 261 g/mol. The number of aldehydes is 1. The minimum Gasteiger partial charge on any atom is -0.341 e. The predicted octanol–water partition coefficient (Wildman–Crippen LogP) is 1.94. The molecule has 0 N–H and O–H groups in total. The molecule has 100 valence electrons. The van der Waals surface area contributed by atoms with Gasteiger partial charge in [0.05, 0.1) is 5.56 Å². The zero-order valence-corrected chi connectivity index (χ0v) is 11.8. The first kappa shape index (κ1) is 13.9. The molecular formula is C14H16NO3P. The summed E-state index contributed by atoms with van der Waals surface area (Å²) in [6.45, 7) is 0.580. The quantitative estimate of drug-likeness (QED) is 0.624. The predicted molar refractivity (Wildman–Crippen MR) is 75.1 cm³/mol. The van der Waals surface area contributed by atoms with Gasteiger partial charge in [-0.1, -0.05) is 18.2 Å². The van der Waals surface area contributed by atoms with Crippen molar-refractivity contribution in [3.63, 3.8) is 0 Å². The summed E-state index contributed by atoms with van der Waals surface area (Å²) in [7, 11) is 2.03. The lowest BCUT2D eigenvalue weighted by Gasteiger charge is -2.21. The molecule has 2 rings (SSSR count). The van der Waals surface area contributed by atoms with E-state index in [1.54, 1.807) is 36.2 Å². The Labute approximate surface area is 114 Å². The van der Waals surface area contributed by atoms with Crippen molar-refractivity contribution < 1.29 is 14.4 Å². The molecule has 1 aromatic carbocycles. The molecule has 1 aromatic rings. The number of carbonyl (C=O) groups is 3. The third kappa shape index (κ3) is 3.27. The first-order valence-corrected chi connectivity index (χ1v) is 7.28. The largest absolute Gasteiger partial charge is 0.341 e. The van der Waals surface area contributed by atoms with Crippen molar-refractivity contribution in [3.8, 4) is 0 Å². The Morgan fingerprint density at radius 1 is 1.47 bits per heavy atom. The van der Waals surface area contributed by atoms with Crippen LogP contribution in [0.25, 0.3) is 0 Å². The highest BCUT2D eigenvalue weighted by Crippen LogP contribution is 2.34. The van der Waals surface area contributed by atoms with Crippen LogP contribution in [0.5, 0.6) is 0 Å². The van der Waals surface area contributed by atoms with Crippen LogP contribution in [0.1, 0.15) is 33.6 Å². The second-order valence-electron chi connectivity index (χ2n) is 4.69. The van der Waals surface area contributed by atoms with Crippen molar-refractivity contribution in [3.05, 3.63) is 35.4 Å². The highest BCUT2D eigenvalue weighted by molar-refractivity contribution is 7.59. The van der Waals surface area contributed by atoms with Gasteiger partial charge in [0.15, 0.2) is 11.8 Å². The van der Waals surface area contributed by atoms with Crippen LogP contribution < -0.4 is 0 Å². The molecule has 4 nitrogen and oxygen atoms in total. The topological polar surface area (TPSA) is 54.5 Å². The maximum Gasteiger partial charge on any atom is 0.254 e. The van der Waals surface area contributed by atoms with Crippen LogP contribution >= 0.6 is 8.58 Å². The minimum atomic E-state index is -0.160. The van der Waals surface area contributed by atoms with E-state index in [2.05, 4.69) is 0 Å². The zero-order chi connectivity index (χ0) is 13.8. The number of carbonyl (C=O) groups excluding carboxylic acids is 3. The number of benzene rings is 1. The Bertz CT molecular complexity index is 515. The van der Waals surface area contributed by atoms with Crippen molar-refractivity contribution >= 4 is 26.3 Å². The molecule has 19 heavy (non-hydrogen) atoms. The summed E-state index contributed by atoms with van der Waals surface area (Å²) < 4.78 is 0. The van der Waals surface area contributed by atoms with Crippen LogP contribution in [0, 0.1) is 0 Å². The molecule has 0 spiro atoms. The maximum atomic E-state index is 12.3. The van der Waals surface area contributed by atoms with E-state index in [-0.39, 0.29) is 11.6 Å². The van der Waals surface area contributed by atoms with Crippen molar-refractivity contribution in [1.29, 1.82) is 0 Å². The molecule has 0 saturated carbocycles. The van der Waals surface area contributed by atoms with Crippen LogP contribution in [0.3, 0.4) is 0 Å². The first-order valence-electron chi connectivity index (χ1n) is 6.21. The standard InChI is InChI=1S/C14H16NO3P/c1-15(8-11-6-7-13(17)19-11)14(18)12-5-3-2-4-10(12)9-16/h2-5,9,11,19H,6-8H2,1H3. The molecule has 1 aliphatic rings. The molecule has 0 bridgehead atoms. The number of hydrogen-bond donors (Lipinski definition) is 0. The highest BCUT2D eigenvalue weighted by Gasteiger charge is 2.25. The molecule has 0 aromatic heterocycles. The molecule has 1 heterocycles. The highest BCUT2D eigenvalue weighted by atomic mass is 31.1. The molecule has 5 heteroatoms. The van der Waals surface area contributed by atoms with E-state index in [0.29, 0.717) is 44.5 Å². The summed E-state index contributed by atoms with van der Waals surface area (Å²) in [5.74, 6) is -0.160. The normalized spacial score (nSPS) is 19.6. The summed E-state index contributed by atoms with van der Waals surface area (Å²) in [5, 5.41) is 0. The number of rotatable bonds is 4. The van der Waals surface area contributed by atoms with Crippen LogP contribution in [0.2, 0.25) is 0 Å². The van der Waals surface area contributed by atoms with E-state index in [4.69, 9.17) is 0 Å². The lowest BCUT2D eigenvalue weighted by Crippen LogP contribution is -2.32. The Morgan fingerprint density at radius 3 is 2.84 bits per heavy atom. The van der Waals surface area contributed by atoms with Gasteiger partial charge < -0.3 is 4.90 Å². The van der Waals surface area contributed by atoms with E-state index in [1.807, 2.05) is 0 Å². The third-order valence-corrected chi connectivity index (χ3v) is 4.70. The van der Waals surface area contributed by atoms with Crippen molar-refractivity contribution in [1.82, 2.24) is 4.90 Å². The summed E-state index contributed by atoms with van der Waals surface area (Å²) in [6, 6.07) is 6.77. The van der Waals surface area contributed by atoms with Gasteiger partial charge in [-0.2, -0.15) is 0 Å². The number of amides is 1. The van der Waals surface area contributed by atoms with Gasteiger partial charge in [0.2, 0.25) is 0 Å². The number of hydrogen-bond acceptors (Lipinski definition) is 3.